The van der Waals surface area contributed by atoms with Gasteiger partial charge in [-0.15, -0.1) is 11.3 Å². The first-order valence-electron chi connectivity index (χ1n) is 6.99. The predicted octanol–water partition coefficient (Wildman–Crippen LogP) is 3.17. The zero-order valence-corrected chi connectivity index (χ0v) is 13.0. The SMILES string of the molecule is COCc1ccc([C@@H]2CCCN2C(=O)c2scnc2C)o1. The first-order chi connectivity index (χ1) is 10.2. The van der Waals surface area contributed by atoms with Crippen molar-refractivity contribution in [3.05, 3.63) is 39.7 Å². The van der Waals surface area contributed by atoms with Gasteiger partial charge in [0.2, 0.25) is 0 Å². The van der Waals surface area contributed by atoms with E-state index < -0.39 is 0 Å². The summed E-state index contributed by atoms with van der Waals surface area (Å²) in [5.41, 5.74) is 2.52. The Morgan fingerprint density at radius 1 is 1.57 bits per heavy atom. The Bertz CT molecular complexity index is 634. The lowest BCUT2D eigenvalue weighted by Gasteiger charge is -2.22. The monoisotopic (exact) mass is 306 g/mol. The van der Waals surface area contributed by atoms with E-state index in [-0.39, 0.29) is 11.9 Å². The van der Waals surface area contributed by atoms with Crippen LogP contribution in [0.25, 0.3) is 0 Å². The standard InChI is InChI=1S/C15H18N2O3S/c1-10-14(21-9-16-10)15(18)17-7-3-4-12(17)13-6-5-11(20-13)8-19-2/h5-6,9,12H,3-4,7-8H2,1-2H3/t12-/m0/s1. The van der Waals surface area contributed by atoms with E-state index >= 15 is 0 Å². The largest absolute Gasteiger partial charge is 0.461 e. The predicted molar refractivity (Wildman–Crippen MR) is 79.3 cm³/mol. The van der Waals surface area contributed by atoms with Crippen molar-refractivity contribution < 1.29 is 13.9 Å². The van der Waals surface area contributed by atoms with E-state index in [0.717, 1.165) is 41.5 Å². The molecule has 0 aromatic carbocycles. The van der Waals surface area contributed by atoms with Gasteiger partial charge in [0.15, 0.2) is 0 Å². The summed E-state index contributed by atoms with van der Waals surface area (Å²) in [5.74, 6) is 1.69. The fourth-order valence-corrected chi connectivity index (χ4v) is 3.49. The third kappa shape index (κ3) is 2.73. The molecule has 2 aromatic heterocycles. The van der Waals surface area contributed by atoms with E-state index in [1.54, 1.807) is 12.6 Å². The molecule has 1 aliphatic rings. The maximum atomic E-state index is 12.7. The normalized spacial score (nSPS) is 18.4. The molecule has 6 heteroatoms. The number of aromatic nitrogens is 1. The van der Waals surface area contributed by atoms with E-state index in [2.05, 4.69) is 4.98 Å². The number of thiazole rings is 1. The van der Waals surface area contributed by atoms with Crippen LogP contribution in [0, 0.1) is 6.92 Å². The summed E-state index contributed by atoms with van der Waals surface area (Å²) < 4.78 is 10.9. The number of nitrogens with zero attached hydrogens (tertiary/aromatic N) is 2. The molecule has 3 rings (SSSR count). The number of carbonyl (C=O) groups excluding carboxylic acids is 1. The maximum absolute atomic E-state index is 12.7. The Morgan fingerprint density at radius 2 is 2.43 bits per heavy atom. The zero-order chi connectivity index (χ0) is 14.8. The van der Waals surface area contributed by atoms with E-state index in [9.17, 15) is 4.79 Å². The number of aryl methyl sites for hydroxylation is 1. The Hall–Kier alpha value is -1.66. The fourth-order valence-electron chi connectivity index (χ4n) is 2.74. The topological polar surface area (TPSA) is 55.6 Å². The first kappa shape index (κ1) is 14.3. The Morgan fingerprint density at radius 3 is 3.14 bits per heavy atom. The summed E-state index contributed by atoms with van der Waals surface area (Å²) in [7, 11) is 1.64. The number of carbonyl (C=O) groups is 1. The van der Waals surface area contributed by atoms with Gasteiger partial charge in [-0.1, -0.05) is 0 Å². The molecular formula is C15H18N2O3S. The van der Waals surface area contributed by atoms with Crippen molar-refractivity contribution in [2.45, 2.75) is 32.4 Å². The van der Waals surface area contributed by atoms with Gasteiger partial charge in [-0.2, -0.15) is 0 Å². The van der Waals surface area contributed by atoms with Gasteiger partial charge in [0.25, 0.3) is 5.91 Å². The van der Waals surface area contributed by atoms with Crippen LogP contribution in [-0.4, -0.2) is 29.4 Å². The lowest BCUT2D eigenvalue weighted by atomic mass is 10.1. The van der Waals surface area contributed by atoms with E-state index in [0.29, 0.717) is 6.61 Å². The van der Waals surface area contributed by atoms with Gasteiger partial charge in [0, 0.05) is 13.7 Å². The molecule has 1 atom stereocenters. The van der Waals surface area contributed by atoms with Crippen LogP contribution in [0.1, 0.15) is 45.8 Å². The lowest BCUT2D eigenvalue weighted by molar-refractivity contribution is 0.0720. The summed E-state index contributed by atoms with van der Waals surface area (Å²) in [6, 6.07) is 3.88. The van der Waals surface area contributed by atoms with Crippen LogP contribution in [-0.2, 0) is 11.3 Å². The highest BCUT2D eigenvalue weighted by molar-refractivity contribution is 7.11. The number of hydrogen-bond donors (Lipinski definition) is 0. The molecule has 0 aliphatic carbocycles. The molecule has 3 heterocycles. The van der Waals surface area contributed by atoms with E-state index in [4.69, 9.17) is 9.15 Å². The number of methoxy groups -OCH3 is 1. The average Bonchev–Trinajstić information content (AvgIpc) is 3.17. The summed E-state index contributed by atoms with van der Waals surface area (Å²) in [5, 5.41) is 0. The van der Waals surface area contributed by atoms with Crippen molar-refractivity contribution in [2.24, 2.45) is 0 Å². The van der Waals surface area contributed by atoms with Crippen molar-refractivity contribution in [3.8, 4) is 0 Å². The summed E-state index contributed by atoms with van der Waals surface area (Å²) in [6.07, 6.45) is 1.93. The molecule has 0 unspecified atom stereocenters. The minimum Gasteiger partial charge on any atom is -0.461 e. The van der Waals surface area contributed by atoms with Gasteiger partial charge in [-0.3, -0.25) is 4.79 Å². The number of ether oxygens (including phenoxy) is 1. The molecular weight excluding hydrogens is 288 g/mol. The van der Waals surface area contributed by atoms with Crippen molar-refractivity contribution in [1.82, 2.24) is 9.88 Å². The summed E-state index contributed by atoms with van der Waals surface area (Å²) >= 11 is 1.40. The van der Waals surface area contributed by atoms with Gasteiger partial charge >= 0.3 is 0 Å². The van der Waals surface area contributed by atoms with Crippen LogP contribution in [0.4, 0.5) is 0 Å². The van der Waals surface area contributed by atoms with Crippen LogP contribution in [0.15, 0.2) is 22.1 Å². The van der Waals surface area contributed by atoms with Gasteiger partial charge in [0.05, 0.1) is 17.2 Å². The quantitative estimate of drug-likeness (QED) is 0.870. The highest BCUT2D eigenvalue weighted by atomic mass is 32.1. The second-order valence-corrected chi connectivity index (χ2v) is 6.02. The third-order valence-electron chi connectivity index (χ3n) is 3.75. The molecule has 21 heavy (non-hydrogen) atoms. The number of amides is 1. The number of furan rings is 1. The molecule has 0 radical (unpaired) electrons. The van der Waals surface area contributed by atoms with Crippen molar-refractivity contribution in [3.63, 3.8) is 0 Å². The fraction of sp³-hybridized carbons (Fsp3) is 0.467. The molecule has 1 fully saturated rings. The van der Waals surface area contributed by atoms with Crippen molar-refractivity contribution >= 4 is 17.2 Å². The van der Waals surface area contributed by atoms with E-state index in [1.807, 2.05) is 24.0 Å². The van der Waals surface area contributed by atoms with Gasteiger partial charge in [-0.25, -0.2) is 4.98 Å². The average molecular weight is 306 g/mol. The maximum Gasteiger partial charge on any atom is 0.266 e. The molecule has 5 nitrogen and oxygen atoms in total. The number of rotatable bonds is 4. The van der Waals surface area contributed by atoms with Crippen molar-refractivity contribution in [1.29, 1.82) is 0 Å². The molecule has 0 bridgehead atoms. The molecule has 0 N–H and O–H groups in total. The zero-order valence-electron chi connectivity index (χ0n) is 12.2. The van der Waals surface area contributed by atoms with Gasteiger partial charge in [0.1, 0.15) is 23.0 Å². The molecule has 0 saturated carbocycles. The highest BCUT2D eigenvalue weighted by Gasteiger charge is 2.33. The number of likely N-dealkylation sites (tertiary alicyclic amines) is 1. The molecule has 1 saturated heterocycles. The second kappa shape index (κ2) is 5.99. The minimum absolute atomic E-state index is 0.0182. The Balaban J connectivity index is 1.81. The molecule has 0 spiro atoms. The third-order valence-corrected chi connectivity index (χ3v) is 4.67. The minimum atomic E-state index is 0.0182. The molecule has 1 amide bonds. The van der Waals surface area contributed by atoms with Crippen molar-refractivity contribution in [2.75, 3.05) is 13.7 Å². The van der Waals surface area contributed by atoms with Crippen LogP contribution in [0.2, 0.25) is 0 Å². The van der Waals surface area contributed by atoms with Crippen LogP contribution >= 0.6 is 11.3 Å². The second-order valence-electron chi connectivity index (χ2n) is 5.16. The first-order valence-corrected chi connectivity index (χ1v) is 7.87. The number of hydrogen-bond acceptors (Lipinski definition) is 5. The van der Waals surface area contributed by atoms with Gasteiger partial charge in [-0.05, 0) is 31.9 Å². The lowest BCUT2D eigenvalue weighted by Crippen LogP contribution is -2.30. The Labute approximate surface area is 127 Å². The molecule has 112 valence electrons. The Kier molecular flexibility index (Phi) is 4.07. The van der Waals surface area contributed by atoms with Crippen LogP contribution < -0.4 is 0 Å². The molecule has 2 aromatic rings. The van der Waals surface area contributed by atoms with Gasteiger partial charge < -0.3 is 14.1 Å². The smallest absolute Gasteiger partial charge is 0.266 e. The van der Waals surface area contributed by atoms with Crippen LogP contribution in [0.3, 0.4) is 0 Å². The highest BCUT2D eigenvalue weighted by Crippen LogP contribution is 2.35. The summed E-state index contributed by atoms with van der Waals surface area (Å²) in [4.78, 5) is 19.5. The summed E-state index contributed by atoms with van der Waals surface area (Å²) in [6.45, 7) is 3.09. The van der Waals surface area contributed by atoms with Crippen LogP contribution in [0.5, 0.6) is 0 Å². The molecule has 1 aliphatic heterocycles. The van der Waals surface area contributed by atoms with E-state index in [1.165, 1.54) is 11.3 Å².